The number of amides is 1. The fourth-order valence-electron chi connectivity index (χ4n) is 3.11. The lowest BCUT2D eigenvalue weighted by molar-refractivity contribution is -0.118. The zero-order valence-corrected chi connectivity index (χ0v) is 16.2. The van der Waals surface area contributed by atoms with Crippen molar-refractivity contribution in [3.63, 3.8) is 0 Å². The topological polar surface area (TPSA) is 20.3 Å². The van der Waals surface area contributed by atoms with Gasteiger partial charge >= 0.3 is 0 Å². The van der Waals surface area contributed by atoms with Crippen LogP contribution in [0.25, 0.3) is 0 Å². The number of hydrogen-bond acceptors (Lipinski definition) is 1. The summed E-state index contributed by atoms with van der Waals surface area (Å²) in [5, 5.41) is 0. The van der Waals surface area contributed by atoms with Gasteiger partial charge in [0.05, 0.1) is 0 Å². The molecule has 0 aromatic heterocycles. The first-order valence-electron chi connectivity index (χ1n) is 10.5. The summed E-state index contributed by atoms with van der Waals surface area (Å²) in [4.78, 5) is 13.1. The Balaban J connectivity index is 3.28. The molecule has 0 aromatic rings. The zero-order chi connectivity index (χ0) is 17.0. The van der Waals surface area contributed by atoms with Crippen molar-refractivity contribution in [1.29, 1.82) is 0 Å². The molecule has 2 nitrogen and oxygen atoms in total. The number of nitrogens with zero attached hydrogens (tertiary/aromatic N) is 1. The van der Waals surface area contributed by atoms with E-state index in [2.05, 4.69) is 13.8 Å². The van der Waals surface area contributed by atoms with Gasteiger partial charge in [-0.05, 0) is 12.8 Å². The van der Waals surface area contributed by atoms with Gasteiger partial charge in [0.2, 0.25) is 6.41 Å². The number of hydrogen-bond donors (Lipinski definition) is 0. The van der Waals surface area contributed by atoms with E-state index in [-0.39, 0.29) is 0 Å². The van der Waals surface area contributed by atoms with Crippen LogP contribution in [0.2, 0.25) is 0 Å². The molecule has 2 heteroatoms. The van der Waals surface area contributed by atoms with Gasteiger partial charge in [-0.25, -0.2) is 0 Å². The lowest BCUT2D eigenvalue weighted by Gasteiger charge is -2.17. The third-order valence-electron chi connectivity index (χ3n) is 4.75. The molecule has 0 aromatic carbocycles. The SMILES string of the molecule is CCCCCCCCCCCCN(C=O)CCCCCCCC. The fraction of sp³-hybridized carbons (Fsp3) is 0.952. The van der Waals surface area contributed by atoms with Gasteiger partial charge in [0, 0.05) is 13.1 Å². The molecule has 0 bridgehead atoms. The Kier molecular flexibility index (Phi) is 19.1. The Morgan fingerprint density at radius 1 is 0.522 bits per heavy atom. The summed E-state index contributed by atoms with van der Waals surface area (Å²) >= 11 is 0. The molecule has 138 valence electrons. The molecule has 0 atom stereocenters. The Labute approximate surface area is 146 Å². The maximum Gasteiger partial charge on any atom is 0.209 e. The van der Waals surface area contributed by atoms with Gasteiger partial charge in [0.1, 0.15) is 0 Å². The normalized spacial score (nSPS) is 10.9. The van der Waals surface area contributed by atoms with Crippen molar-refractivity contribution in [2.24, 2.45) is 0 Å². The van der Waals surface area contributed by atoms with Gasteiger partial charge in [0.25, 0.3) is 0 Å². The van der Waals surface area contributed by atoms with Gasteiger partial charge in [-0.15, -0.1) is 0 Å². The minimum atomic E-state index is 0.965. The highest BCUT2D eigenvalue weighted by atomic mass is 16.1. The predicted octanol–water partition coefficient (Wildman–Crippen LogP) is 6.73. The van der Waals surface area contributed by atoms with Gasteiger partial charge in [-0.2, -0.15) is 0 Å². The molecule has 0 spiro atoms. The van der Waals surface area contributed by atoms with E-state index < -0.39 is 0 Å². The first-order valence-corrected chi connectivity index (χ1v) is 10.5. The lowest BCUT2D eigenvalue weighted by Crippen LogP contribution is -2.24. The number of unbranched alkanes of at least 4 members (excludes halogenated alkanes) is 14. The summed E-state index contributed by atoms with van der Waals surface area (Å²) in [5.74, 6) is 0. The van der Waals surface area contributed by atoms with Crippen LogP contribution in [0, 0.1) is 0 Å². The van der Waals surface area contributed by atoms with Gasteiger partial charge in [-0.3, -0.25) is 4.79 Å². The monoisotopic (exact) mass is 325 g/mol. The molecule has 0 unspecified atom stereocenters. The third-order valence-corrected chi connectivity index (χ3v) is 4.75. The molecule has 0 aliphatic heterocycles. The van der Waals surface area contributed by atoms with Crippen molar-refractivity contribution >= 4 is 6.41 Å². The smallest absolute Gasteiger partial charge is 0.209 e. The summed E-state index contributed by atoms with van der Waals surface area (Å²) in [7, 11) is 0. The van der Waals surface area contributed by atoms with Crippen LogP contribution in [0.1, 0.15) is 117 Å². The molecule has 0 aliphatic carbocycles. The van der Waals surface area contributed by atoms with E-state index in [1.54, 1.807) is 0 Å². The third kappa shape index (κ3) is 17.7. The van der Waals surface area contributed by atoms with Crippen LogP contribution in [-0.4, -0.2) is 24.4 Å². The molecule has 0 aliphatic rings. The maximum atomic E-state index is 11.1. The number of rotatable bonds is 19. The summed E-state index contributed by atoms with van der Waals surface area (Å²) in [6, 6.07) is 0. The van der Waals surface area contributed by atoms with Crippen molar-refractivity contribution in [3.8, 4) is 0 Å². The van der Waals surface area contributed by atoms with Crippen molar-refractivity contribution in [1.82, 2.24) is 4.90 Å². The zero-order valence-electron chi connectivity index (χ0n) is 16.2. The first kappa shape index (κ1) is 22.5. The van der Waals surface area contributed by atoms with E-state index in [1.165, 1.54) is 103 Å². The van der Waals surface area contributed by atoms with Crippen LogP contribution in [0.4, 0.5) is 0 Å². The summed E-state index contributed by atoms with van der Waals surface area (Å²) in [5.41, 5.74) is 0. The number of carbonyl (C=O) groups is 1. The van der Waals surface area contributed by atoms with Crippen LogP contribution < -0.4 is 0 Å². The molecular weight excluding hydrogens is 282 g/mol. The average molecular weight is 326 g/mol. The van der Waals surface area contributed by atoms with Crippen LogP contribution in [0.3, 0.4) is 0 Å². The predicted molar refractivity (Wildman–Crippen MR) is 103 cm³/mol. The molecule has 0 fully saturated rings. The molecule has 0 radical (unpaired) electrons. The molecule has 0 N–H and O–H groups in total. The lowest BCUT2D eigenvalue weighted by atomic mass is 10.1. The van der Waals surface area contributed by atoms with E-state index >= 15 is 0 Å². The van der Waals surface area contributed by atoms with E-state index in [0.29, 0.717) is 0 Å². The number of carbonyl (C=O) groups excluding carboxylic acids is 1. The van der Waals surface area contributed by atoms with Gasteiger partial charge in [0.15, 0.2) is 0 Å². The van der Waals surface area contributed by atoms with Gasteiger partial charge < -0.3 is 4.90 Å². The highest BCUT2D eigenvalue weighted by molar-refractivity contribution is 5.46. The fourth-order valence-corrected chi connectivity index (χ4v) is 3.11. The highest BCUT2D eigenvalue weighted by Gasteiger charge is 2.01. The molecule has 23 heavy (non-hydrogen) atoms. The Bertz CT molecular complexity index is 230. The van der Waals surface area contributed by atoms with Crippen LogP contribution in [0.15, 0.2) is 0 Å². The summed E-state index contributed by atoms with van der Waals surface area (Å²) in [6.07, 6.45) is 22.5. The first-order chi connectivity index (χ1) is 11.3. The maximum absolute atomic E-state index is 11.1. The van der Waals surface area contributed by atoms with Gasteiger partial charge in [-0.1, -0.05) is 104 Å². The van der Waals surface area contributed by atoms with Crippen LogP contribution in [0.5, 0.6) is 0 Å². The molecule has 1 amide bonds. The molecule has 0 saturated carbocycles. The van der Waals surface area contributed by atoms with Crippen molar-refractivity contribution < 1.29 is 4.79 Å². The Hall–Kier alpha value is -0.530. The summed E-state index contributed by atoms with van der Waals surface area (Å²) in [6.45, 7) is 6.46. The minimum Gasteiger partial charge on any atom is -0.345 e. The average Bonchev–Trinajstić information content (AvgIpc) is 2.57. The largest absolute Gasteiger partial charge is 0.345 e. The van der Waals surface area contributed by atoms with E-state index in [4.69, 9.17) is 0 Å². The quantitative estimate of drug-likeness (QED) is 0.190. The molecule has 0 rings (SSSR count). The molecular formula is C21H43NO. The highest BCUT2D eigenvalue weighted by Crippen LogP contribution is 2.11. The summed E-state index contributed by atoms with van der Waals surface area (Å²) < 4.78 is 0. The van der Waals surface area contributed by atoms with E-state index in [1.807, 2.05) is 4.90 Å². The van der Waals surface area contributed by atoms with E-state index in [9.17, 15) is 4.79 Å². The Morgan fingerprint density at radius 2 is 0.826 bits per heavy atom. The van der Waals surface area contributed by atoms with Crippen molar-refractivity contribution in [3.05, 3.63) is 0 Å². The Morgan fingerprint density at radius 3 is 1.13 bits per heavy atom. The second-order valence-electron chi connectivity index (χ2n) is 7.09. The second kappa shape index (κ2) is 19.5. The second-order valence-corrected chi connectivity index (χ2v) is 7.09. The molecule has 0 heterocycles. The van der Waals surface area contributed by atoms with Crippen molar-refractivity contribution in [2.75, 3.05) is 13.1 Å². The van der Waals surface area contributed by atoms with Crippen LogP contribution in [-0.2, 0) is 4.79 Å². The minimum absolute atomic E-state index is 0.965. The van der Waals surface area contributed by atoms with E-state index in [0.717, 1.165) is 19.5 Å². The van der Waals surface area contributed by atoms with Crippen LogP contribution >= 0.6 is 0 Å². The standard InChI is InChI=1S/C21H43NO/c1-3-5-7-9-11-12-13-14-16-18-20-22(21-23)19-17-15-10-8-6-4-2/h21H,3-20H2,1-2H3. The molecule has 0 saturated heterocycles. The van der Waals surface area contributed by atoms with Crippen molar-refractivity contribution in [2.45, 2.75) is 117 Å².